The molecule has 2 aliphatic heterocycles. The van der Waals surface area contributed by atoms with Crippen molar-refractivity contribution in [3.63, 3.8) is 0 Å². The van der Waals surface area contributed by atoms with E-state index in [4.69, 9.17) is 4.74 Å². The van der Waals surface area contributed by atoms with Crippen molar-refractivity contribution in [2.45, 2.75) is 6.18 Å². The van der Waals surface area contributed by atoms with Gasteiger partial charge in [-0.25, -0.2) is 9.37 Å². The molecular formula is C27H25F4N7O2. The molecule has 4 aromatic rings. The average molecular weight is 556 g/mol. The number of anilines is 2. The molecule has 13 heteroatoms. The van der Waals surface area contributed by atoms with Crippen LogP contribution in [0.5, 0.6) is 0 Å². The average Bonchev–Trinajstić information content (AvgIpc) is 3.42. The molecule has 2 saturated heterocycles. The Bertz CT molecular complexity index is 1530. The number of morpholine rings is 1. The first-order valence-corrected chi connectivity index (χ1v) is 12.8. The smallest absolute Gasteiger partial charge is 0.378 e. The number of fused-ring (bicyclic) bond motifs is 1. The number of aromatic nitrogens is 4. The normalized spacial score (nSPS) is 16.6. The molecule has 0 saturated carbocycles. The monoisotopic (exact) mass is 555 g/mol. The summed E-state index contributed by atoms with van der Waals surface area (Å²) in [4.78, 5) is 27.3. The standard InChI is InChI=1S/C27H25F4N7O2/c28-22-17-19(27(29,30)31)3-6-21(22)24(39)36-9-11-37(12-10-36)26-33-25-32-8-7-23(38(25)34-26)18-1-4-20(5-2-18)35-13-15-40-16-14-35/h1-8,17H,9-16H2. The maximum atomic E-state index is 14.3. The van der Waals surface area contributed by atoms with Crippen molar-refractivity contribution in [2.75, 3.05) is 62.3 Å². The van der Waals surface area contributed by atoms with Crippen LogP contribution in [0.25, 0.3) is 17.0 Å². The number of halogens is 4. The Balaban J connectivity index is 1.16. The second-order valence-electron chi connectivity index (χ2n) is 9.57. The lowest BCUT2D eigenvalue weighted by atomic mass is 10.1. The van der Waals surface area contributed by atoms with Crippen LogP contribution in [0.3, 0.4) is 0 Å². The van der Waals surface area contributed by atoms with E-state index in [9.17, 15) is 22.4 Å². The highest BCUT2D eigenvalue weighted by molar-refractivity contribution is 5.94. The number of rotatable bonds is 4. The Kier molecular flexibility index (Phi) is 6.74. The molecule has 0 atom stereocenters. The molecule has 6 rings (SSSR count). The van der Waals surface area contributed by atoms with Gasteiger partial charge in [-0.3, -0.25) is 4.79 Å². The lowest BCUT2D eigenvalue weighted by Crippen LogP contribution is -2.49. The maximum absolute atomic E-state index is 14.3. The number of ether oxygens (including phenoxy) is 1. The van der Waals surface area contributed by atoms with Crippen LogP contribution >= 0.6 is 0 Å². The van der Waals surface area contributed by atoms with Gasteiger partial charge in [0.2, 0.25) is 5.95 Å². The molecule has 0 bridgehead atoms. The SMILES string of the molecule is O=C(c1ccc(C(F)(F)F)cc1F)N1CCN(c2nc3nccc(-c4ccc(N5CCOCC5)cc4)n3n2)CC1. The van der Waals surface area contributed by atoms with E-state index in [0.717, 1.165) is 36.1 Å². The van der Waals surface area contributed by atoms with E-state index in [1.165, 1.54) is 4.90 Å². The second kappa shape index (κ2) is 10.4. The van der Waals surface area contributed by atoms with Crippen LogP contribution < -0.4 is 9.80 Å². The van der Waals surface area contributed by atoms with Gasteiger partial charge >= 0.3 is 6.18 Å². The molecule has 2 fully saturated rings. The zero-order valence-electron chi connectivity index (χ0n) is 21.3. The number of carbonyl (C=O) groups excluding carboxylic acids is 1. The van der Waals surface area contributed by atoms with Gasteiger partial charge in [-0.15, -0.1) is 5.10 Å². The maximum Gasteiger partial charge on any atom is 0.416 e. The fourth-order valence-corrected chi connectivity index (χ4v) is 4.95. The summed E-state index contributed by atoms with van der Waals surface area (Å²) >= 11 is 0. The minimum atomic E-state index is -4.68. The highest BCUT2D eigenvalue weighted by Crippen LogP contribution is 2.31. The summed E-state index contributed by atoms with van der Waals surface area (Å²) in [6, 6.07) is 12.0. The Morgan fingerprint density at radius 3 is 2.27 bits per heavy atom. The summed E-state index contributed by atoms with van der Waals surface area (Å²) < 4.78 is 60.0. The van der Waals surface area contributed by atoms with Gasteiger partial charge in [0.1, 0.15) is 5.82 Å². The van der Waals surface area contributed by atoms with Gasteiger partial charge in [0.15, 0.2) is 0 Å². The predicted octanol–water partition coefficient (Wildman–Crippen LogP) is 3.75. The molecule has 0 radical (unpaired) electrons. The van der Waals surface area contributed by atoms with Gasteiger partial charge in [-0.05, 0) is 36.4 Å². The zero-order chi connectivity index (χ0) is 27.9. The van der Waals surface area contributed by atoms with Crippen molar-refractivity contribution >= 4 is 23.3 Å². The van der Waals surface area contributed by atoms with Gasteiger partial charge in [-0.2, -0.15) is 22.7 Å². The number of amides is 1. The lowest BCUT2D eigenvalue weighted by Gasteiger charge is -2.34. The molecule has 2 aromatic heterocycles. The first-order valence-electron chi connectivity index (χ1n) is 12.8. The van der Waals surface area contributed by atoms with Crippen LogP contribution in [0.2, 0.25) is 0 Å². The van der Waals surface area contributed by atoms with Gasteiger partial charge in [0.25, 0.3) is 11.7 Å². The van der Waals surface area contributed by atoms with E-state index in [1.54, 1.807) is 10.7 Å². The van der Waals surface area contributed by atoms with Gasteiger partial charge in [0.05, 0.1) is 30.0 Å². The third-order valence-corrected chi connectivity index (χ3v) is 7.15. The Labute approximate surface area is 226 Å². The molecule has 2 aromatic carbocycles. The highest BCUT2D eigenvalue weighted by atomic mass is 19.4. The summed E-state index contributed by atoms with van der Waals surface area (Å²) in [7, 11) is 0. The Morgan fingerprint density at radius 2 is 1.60 bits per heavy atom. The van der Waals surface area contributed by atoms with Crippen LogP contribution in [-0.2, 0) is 10.9 Å². The lowest BCUT2D eigenvalue weighted by molar-refractivity contribution is -0.137. The molecule has 0 N–H and O–H groups in total. The van der Waals surface area contributed by atoms with Crippen LogP contribution in [-0.4, -0.2) is 82.9 Å². The van der Waals surface area contributed by atoms with E-state index in [2.05, 4.69) is 32.1 Å². The summed E-state index contributed by atoms with van der Waals surface area (Å²) in [6.07, 6.45) is -3.01. The minimum absolute atomic E-state index is 0.234. The van der Waals surface area contributed by atoms with E-state index < -0.39 is 23.5 Å². The van der Waals surface area contributed by atoms with Crippen molar-refractivity contribution in [1.29, 1.82) is 0 Å². The van der Waals surface area contributed by atoms with E-state index in [-0.39, 0.29) is 18.7 Å². The summed E-state index contributed by atoms with van der Waals surface area (Å²) in [5.41, 5.74) is 1.38. The summed E-state index contributed by atoms with van der Waals surface area (Å²) in [5, 5.41) is 4.67. The quantitative estimate of drug-likeness (QED) is 0.355. The molecule has 0 aliphatic carbocycles. The molecular weight excluding hydrogens is 530 g/mol. The van der Waals surface area contributed by atoms with Crippen LogP contribution in [0.15, 0.2) is 54.7 Å². The Morgan fingerprint density at radius 1 is 0.875 bits per heavy atom. The van der Waals surface area contributed by atoms with Gasteiger partial charge in [-0.1, -0.05) is 12.1 Å². The summed E-state index contributed by atoms with van der Waals surface area (Å²) in [6.45, 7) is 4.33. The van der Waals surface area contributed by atoms with Crippen molar-refractivity contribution in [3.05, 3.63) is 71.7 Å². The molecule has 9 nitrogen and oxygen atoms in total. The first kappa shape index (κ1) is 26.0. The number of hydrogen-bond acceptors (Lipinski definition) is 7. The molecule has 1 amide bonds. The number of benzene rings is 2. The third kappa shape index (κ3) is 5.04. The van der Waals surface area contributed by atoms with Crippen molar-refractivity contribution < 1.29 is 27.1 Å². The van der Waals surface area contributed by atoms with Gasteiger partial charge < -0.3 is 19.4 Å². The van der Waals surface area contributed by atoms with Crippen LogP contribution in [0, 0.1) is 5.82 Å². The van der Waals surface area contributed by atoms with Crippen LogP contribution in [0.1, 0.15) is 15.9 Å². The molecule has 4 heterocycles. The van der Waals surface area contributed by atoms with Crippen molar-refractivity contribution in [3.8, 4) is 11.3 Å². The number of nitrogens with zero attached hydrogens (tertiary/aromatic N) is 7. The highest BCUT2D eigenvalue weighted by Gasteiger charge is 2.33. The molecule has 2 aliphatic rings. The zero-order valence-corrected chi connectivity index (χ0v) is 21.3. The second-order valence-corrected chi connectivity index (χ2v) is 9.57. The Hall–Kier alpha value is -4.26. The van der Waals surface area contributed by atoms with E-state index in [1.807, 2.05) is 23.1 Å². The number of alkyl halides is 3. The van der Waals surface area contributed by atoms with Crippen LogP contribution in [0.4, 0.5) is 29.2 Å². The fourth-order valence-electron chi connectivity index (χ4n) is 4.95. The number of piperazine rings is 1. The van der Waals surface area contributed by atoms with E-state index >= 15 is 0 Å². The molecule has 0 spiro atoms. The van der Waals surface area contributed by atoms with E-state index in [0.29, 0.717) is 50.2 Å². The number of carbonyl (C=O) groups is 1. The first-order chi connectivity index (χ1) is 19.3. The van der Waals surface area contributed by atoms with Crippen molar-refractivity contribution in [1.82, 2.24) is 24.5 Å². The third-order valence-electron chi connectivity index (χ3n) is 7.15. The van der Waals surface area contributed by atoms with Gasteiger partial charge in [0, 0.05) is 56.7 Å². The molecule has 208 valence electrons. The summed E-state index contributed by atoms with van der Waals surface area (Å²) in [5.74, 6) is -0.980. The molecule has 40 heavy (non-hydrogen) atoms. The molecule has 0 unspecified atom stereocenters. The predicted molar refractivity (Wildman–Crippen MR) is 139 cm³/mol. The minimum Gasteiger partial charge on any atom is -0.378 e. The largest absolute Gasteiger partial charge is 0.416 e. The fraction of sp³-hybridized carbons (Fsp3) is 0.333. The number of hydrogen-bond donors (Lipinski definition) is 0. The van der Waals surface area contributed by atoms with Crippen molar-refractivity contribution in [2.24, 2.45) is 0 Å². The topological polar surface area (TPSA) is 79.1 Å².